The third kappa shape index (κ3) is 5.48. The lowest BCUT2D eigenvalue weighted by molar-refractivity contribution is -0.166. The molecule has 1 amide bonds. The highest BCUT2D eigenvalue weighted by Gasteiger charge is 2.51. The van der Waals surface area contributed by atoms with E-state index < -0.39 is 48.4 Å². The number of rotatable bonds is 7. The zero-order valence-corrected chi connectivity index (χ0v) is 15.0. The van der Waals surface area contributed by atoms with E-state index in [2.05, 4.69) is 10.1 Å². The Morgan fingerprint density at radius 1 is 1.11 bits per heavy atom. The Balaban J connectivity index is 2.30. The lowest BCUT2D eigenvalue weighted by Gasteiger charge is -2.23. The minimum atomic E-state index is -1.07. The Labute approximate surface area is 153 Å². The number of hydrogen-bond donors (Lipinski definition) is 1. The van der Waals surface area contributed by atoms with Crippen LogP contribution >= 0.6 is 0 Å². The van der Waals surface area contributed by atoms with Crippen LogP contribution in [0.4, 0.5) is 0 Å². The summed E-state index contributed by atoms with van der Waals surface area (Å²) in [6.45, 7) is 3.34. The van der Waals surface area contributed by atoms with Gasteiger partial charge in [0.15, 0.2) is 24.3 Å². The molecule has 0 radical (unpaired) electrons. The molecule has 2 heterocycles. The molecule has 148 valence electrons. The normalized spacial score (nSPS) is 24.3. The first-order valence-electron chi connectivity index (χ1n) is 7.99. The number of primary amides is 1. The quantitative estimate of drug-likeness (QED) is 0.438. The Morgan fingerprint density at radius 3 is 2.30 bits per heavy atom. The number of amides is 1. The second kappa shape index (κ2) is 8.58. The number of hydrogen-bond acceptors (Lipinski definition) is 10. The fourth-order valence-corrected chi connectivity index (χ4v) is 2.58. The van der Waals surface area contributed by atoms with E-state index >= 15 is 0 Å². The maximum absolute atomic E-state index is 11.5. The van der Waals surface area contributed by atoms with E-state index in [0.29, 0.717) is 0 Å². The number of ether oxygens (including phenoxy) is 4. The number of nitrogens with two attached hydrogens (primary N) is 1. The molecule has 1 aromatic rings. The molecule has 0 unspecified atom stereocenters. The summed E-state index contributed by atoms with van der Waals surface area (Å²) in [5.41, 5.74) is 5.11. The topological polar surface area (TPSA) is 162 Å². The number of aromatic nitrogens is 3. The largest absolute Gasteiger partial charge is 0.463 e. The van der Waals surface area contributed by atoms with E-state index in [-0.39, 0.29) is 18.9 Å². The SMILES string of the molecule is CC(=O)OC[C@@H]1O[C@H](n2cnc(CC(N)=O)n2)[C@@H](OC(C)=O)[C@H]1OC(C)=O. The van der Waals surface area contributed by atoms with Crippen LogP contribution in [0.2, 0.25) is 0 Å². The van der Waals surface area contributed by atoms with E-state index in [1.54, 1.807) is 0 Å². The summed E-state index contributed by atoms with van der Waals surface area (Å²) >= 11 is 0. The minimum absolute atomic E-state index is 0.139. The first kappa shape index (κ1) is 20.3. The molecule has 0 bridgehead atoms. The summed E-state index contributed by atoms with van der Waals surface area (Å²) in [5.74, 6) is -2.32. The molecule has 4 atom stereocenters. The minimum Gasteiger partial charge on any atom is -0.463 e. The van der Waals surface area contributed by atoms with Crippen LogP contribution in [-0.4, -0.2) is 63.5 Å². The number of carbonyl (C=O) groups is 4. The van der Waals surface area contributed by atoms with Gasteiger partial charge in [-0.3, -0.25) is 19.2 Å². The molecule has 1 aliphatic rings. The van der Waals surface area contributed by atoms with Crippen LogP contribution in [0.25, 0.3) is 0 Å². The monoisotopic (exact) mass is 384 g/mol. The van der Waals surface area contributed by atoms with Crippen molar-refractivity contribution in [2.45, 2.75) is 51.7 Å². The lowest BCUT2D eigenvalue weighted by atomic mass is 10.1. The second-order valence-electron chi connectivity index (χ2n) is 5.80. The Morgan fingerprint density at radius 2 is 1.74 bits per heavy atom. The summed E-state index contributed by atoms with van der Waals surface area (Å²) < 4.78 is 22.4. The van der Waals surface area contributed by atoms with Crippen LogP contribution < -0.4 is 5.73 Å². The van der Waals surface area contributed by atoms with Crippen LogP contribution in [0, 0.1) is 0 Å². The van der Waals surface area contributed by atoms with Crippen LogP contribution in [0.1, 0.15) is 32.8 Å². The van der Waals surface area contributed by atoms with E-state index in [1.165, 1.54) is 31.8 Å². The van der Waals surface area contributed by atoms with Crippen molar-refractivity contribution < 1.29 is 38.1 Å². The van der Waals surface area contributed by atoms with Crippen molar-refractivity contribution in [2.24, 2.45) is 5.73 Å². The van der Waals surface area contributed by atoms with E-state index in [9.17, 15) is 19.2 Å². The first-order chi connectivity index (χ1) is 12.7. The van der Waals surface area contributed by atoms with Crippen molar-refractivity contribution in [2.75, 3.05) is 6.61 Å². The average molecular weight is 384 g/mol. The molecule has 2 rings (SSSR count). The van der Waals surface area contributed by atoms with Gasteiger partial charge in [-0.2, -0.15) is 5.10 Å². The smallest absolute Gasteiger partial charge is 0.303 e. The average Bonchev–Trinajstić information content (AvgIpc) is 3.10. The molecule has 27 heavy (non-hydrogen) atoms. The van der Waals surface area contributed by atoms with Gasteiger partial charge >= 0.3 is 17.9 Å². The van der Waals surface area contributed by atoms with Gasteiger partial charge in [-0.05, 0) is 0 Å². The third-order valence-electron chi connectivity index (χ3n) is 3.49. The molecular formula is C15H20N4O8. The number of carbonyl (C=O) groups excluding carboxylic acids is 4. The fourth-order valence-electron chi connectivity index (χ4n) is 2.58. The van der Waals surface area contributed by atoms with Gasteiger partial charge in [0, 0.05) is 20.8 Å². The zero-order chi connectivity index (χ0) is 20.1. The highest BCUT2D eigenvalue weighted by molar-refractivity contribution is 5.75. The molecule has 1 aromatic heterocycles. The lowest BCUT2D eigenvalue weighted by Crippen LogP contribution is -2.40. The predicted molar refractivity (Wildman–Crippen MR) is 84.6 cm³/mol. The number of nitrogens with zero attached hydrogens (tertiary/aromatic N) is 3. The van der Waals surface area contributed by atoms with Gasteiger partial charge in [0.05, 0.1) is 6.42 Å². The molecule has 12 nitrogen and oxygen atoms in total. The van der Waals surface area contributed by atoms with Gasteiger partial charge in [0.2, 0.25) is 5.91 Å². The van der Waals surface area contributed by atoms with Crippen LogP contribution in [0.3, 0.4) is 0 Å². The van der Waals surface area contributed by atoms with Crippen molar-refractivity contribution >= 4 is 23.8 Å². The Kier molecular flexibility index (Phi) is 6.45. The van der Waals surface area contributed by atoms with Crippen molar-refractivity contribution in [3.63, 3.8) is 0 Å². The summed E-state index contributed by atoms with van der Waals surface area (Å²) in [4.78, 5) is 49.0. The maximum Gasteiger partial charge on any atom is 0.303 e. The summed E-state index contributed by atoms with van der Waals surface area (Å²) in [6, 6.07) is 0. The molecule has 12 heteroatoms. The molecule has 1 aliphatic heterocycles. The molecule has 2 N–H and O–H groups in total. The highest BCUT2D eigenvalue weighted by atomic mass is 16.7. The molecule has 1 fully saturated rings. The van der Waals surface area contributed by atoms with E-state index in [0.717, 1.165) is 0 Å². The van der Waals surface area contributed by atoms with Gasteiger partial charge in [-0.1, -0.05) is 0 Å². The molecule has 0 saturated carbocycles. The van der Waals surface area contributed by atoms with Gasteiger partial charge in [-0.25, -0.2) is 9.67 Å². The second-order valence-corrected chi connectivity index (χ2v) is 5.80. The maximum atomic E-state index is 11.5. The zero-order valence-electron chi connectivity index (χ0n) is 15.0. The van der Waals surface area contributed by atoms with Gasteiger partial charge in [0.1, 0.15) is 19.0 Å². The van der Waals surface area contributed by atoms with E-state index in [1.807, 2.05) is 0 Å². The summed E-state index contributed by atoms with van der Waals surface area (Å²) in [5, 5.41) is 4.07. The van der Waals surface area contributed by atoms with Crippen molar-refractivity contribution in [3.8, 4) is 0 Å². The third-order valence-corrected chi connectivity index (χ3v) is 3.49. The highest BCUT2D eigenvalue weighted by Crippen LogP contribution is 2.33. The van der Waals surface area contributed by atoms with Crippen LogP contribution in [0.5, 0.6) is 0 Å². The first-order valence-corrected chi connectivity index (χ1v) is 7.99. The molecule has 0 spiro atoms. The molecule has 0 aromatic carbocycles. The van der Waals surface area contributed by atoms with Gasteiger partial charge in [-0.15, -0.1) is 0 Å². The van der Waals surface area contributed by atoms with Gasteiger partial charge in [0.25, 0.3) is 0 Å². The van der Waals surface area contributed by atoms with E-state index in [4.69, 9.17) is 24.7 Å². The van der Waals surface area contributed by atoms with Crippen molar-refractivity contribution in [1.29, 1.82) is 0 Å². The van der Waals surface area contributed by atoms with Crippen LogP contribution in [-0.2, 0) is 44.5 Å². The number of esters is 3. The van der Waals surface area contributed by atoms with Crippen molar-refractivity contribution in [3.05, 3.63) is 12.2 Å². The van der Waals surface area contributed by atoms with Crippen LogP contribution in [0.15, 0.2) is 6.33 Å². The Hall–Kier alpha value is -3.02. The standard InChI is InChI=1S/C15H20N4O8/c1-7(20)24-5-10-13(25-8(2)21)14(26-9(3)22)15(27-10)19-6-17-12(18-19)4-11(16)23/h6,10,13-15H,4-5H2,1-3H3,(H2,16,23)/t10-,13-,14-,15-/m0/s1. The molecule has 0 aliphatic carbocycles. The van der Waals surface area contributed by atoms with Gasteiger partial charge < -0.3 is 24.7 Å². The molecule has 1 saturated heterocycles. The summed E-state index contributed by atoms with van der Waals surface area (Å²) in [6.07, 6.45) is -2.97. The predicted octanol–water partition coefficient (Wildman–Crippen LogP) is -1.37. The fraction of sp³-hybridized carbons (Fsp3) is 0.600. The van der Waals surface area contributed by atoms with Crippen molar-refractivity contribution in [1.82, 2.24) is 14.8 Å². The summed E-state index contributed by atoms with van der Waals surface area (Å²) in [7, 11) is 0. The Bertz CT molecular complexity index is 733. The molecular weight excluding hydrogens is 364 g/mol.